The minimum Gasteiger partial charge on any atom is -0.388 e. The maximum atomic E-state index is 16.0. The van der Waals surface area contributed by atoms with E-state index in [-0.39, 0.29) is 43.6 Å². The predicted octanol–water partition coefficient (Wildman–Crippen LogP) is 5.15. The van der Waals surface area contributed by atoms with Crippen molar-refractivity contribution in [2.24, 2.45) is 0 Å². The Kier molecular flexibility index (Phi) is 6.57. The highest BCUT2D eigenvalue weighted by molar-refractivity contribution is 6.06. The minimum atomic E-state index is -4.26. The van der Waals surface area contributed by atoms with Gasteiger partial charge in [-0.3, -0.25) is 24.9 Å². The summed E-state index contributed by atoms with van der Waals surface area (Å²) in [6.07, 6.45) is -1.97. The molecule has 3 amide bonds. The quantitative estimate of drug-likeness (QED) is 0.415. The van der Waals surface area contributed by atoms with E-state index in [4.69, 9.17) is 0 Å². The molecule has 0 radical (unpaired) electrons. The molecular formula is C30H30F4N4O3. The highest BCUT2D eigenvalue weighted by Crippen LogP contribution is 2.58. The molecule has 41 heavy (non-hydrogen) atoms. The summed E-state index contributed by atoms with van der Waals surface area (Å²) in [5.74, 6) is -1.39. The maximum Gasteiger partial charge on any atom is 0.398 e. The molecule has 2 aliphatic heterocycles. The summed E-state index contributed by atoms with van der Waals surface area (Å²) in [5.41, 5.74) is -0.730. The largest absolute Gasteiger partial charge is 0.398 e. The number of benzene rings is 2. The van der Waals surface area contributed by atoms with Gasteiger partial charge in [-0.05, 0) is 61.6 Å². The number of aromatic nitrogens is 1. The number of β-amino-alcohol motifs (C(OH)–C–C–N with tert-alkyl or cyclic N) is 1. The number of alkyl halides is 3. The number of nitrogens with one attached hydrogen (secondary N) is 1. The maximum absolute atomic E-state index is 16.0. The van der Waals surface area contributed by atoms with Crippen molar-refractivity contribution in [2.45, 2.75) is 62.3 Å². The molecule has 6 rings (SSSR count). The van der Waals surface area contributed by atoms with Crippen LogP contribution in [0.25, 0.3) is 10.9 Å². The number of piperidine rings is 1. The molecule has 2 unspecified atom stereocenters. The van der Waals surface area contributed by atoms with Gasteiger partial charge in [-0.1, -0.05) is 30.3 Å². The third kappa shape index (κ3) is 4.95. The molecule has 0 spiro atoms. The fourth-order valence-electron chi connectivity index (χ4n) is 6.34. The van der Waals surface area contributed by atoms with E-state index in [1.54, 1.807) is 43.3 Å². The topological polar surface area (TPSA) is 85.8 Å². The molecule has 2 atom stereocenters. The number of imide groups is 1. The van der Waals surface area contributed by atoms with Gasteiger partial charge >= 0.3 is 12.2 Å². The number of anilines is 1. The van der Waals surface area contributed by atoms with Crippen molar-refractivity contribution >= 4 is 28.5 Å². The normalized spacial score (nSPS) is 24.9. The van der Waals surface area contributed by atoms with Crippen LogP contribution in [0, 0.1) is 5.82 Å². The number of nitrogens with zero attached hydrogens (tertiary/aromatic N) is 3. The molecule has 3 aliphatic rings. The lowest BCUT2D eigenvalue weighted by Crippen LogP contribution is -2.50. The molecule has 2 aromatic carbocycles. The van der Waals surface area contributed by atoms with Crippen LogP contribution in [-0.4, -0.2) is 58.3 Å². The first-order valence-electron chi connectivity index (χ1n) is 13.7. The number of hydrogen-bond acceptors (Lipinski definition) is 5. The van der Waals surface area contributed by atoms with Crippen molar-refractivity contribution in [1.29, 1.82) is 0 Å². The molecule has 0 bridgehead atoms. The van der Waals surface area contributed by atoms with Gasteiger partial charge in [-0.2, -0.15) is 13.2 Å². The Labute approximate surface area is 234 Å². The standard InChI is InChI=1S/C30H30F4N4O3/c1-28(41)17-37(16-18-2-4-19(5-3-18)29(10-11-29)30(32,33)34)12-8-23(28)21-6-7-24-22(26(21)31)14-20(15-35-24)38-13-9-25(39)36-27(38)40/h2-7,14-15,23,41H,8-13,16-17H2,1H3,(H,36,39,40). The van der Waals surface area contributed by atoms with E-state index in [0.717, 1.165) is 5.56 Å². The van der Waals surface area contributed by atoms with E-state index in [0.29, 0.717) is 41.8 Å². The highest BCUT2D eigenvalue weighted by Gasteiger charge is 2.64. The highest BCUT2D eigenvalue weighted by atomic mass is 19.4. The number of pyridine rings is 1. The van der Waals surface area contributed by atoms with E-state index < -0.39 is 35.0 Å². The molecule has 11 heteroatoms. The van der Waals surface area contributed by atoms with Gasteiger partial charge in [-0.15, -0.1) is 0 Å². The molecule has 1 aliphatic carbocycles. The summed E-state index contributed by atoms with van der Waals surface area (Å²) < 4.78 is 56.4. The number of likely N-dealkylation sites (tertiary alicyclic amines) is 1. The van der Waals surface area contributed by atoms with Crippen LogP contribution in [0.5, 0.6) is 0 Å². The van der Waals surface area contributed by atoms with Crippen LogP contribution in [0.4, 0.5) is 28.0 Å². The summed E-state index contributed by atoms with van der Waals surface area (Å²) in [7, 11) is 0. The van der Waals surface area contributed by atoms with Crippen LogP contribution in [0.15, 0.2) is 48.7 Å². The Hall–Kier alpha value is -3.57. The van der Waals surface area contributed by atoms with E-state index in [1.807, 2.05) is 4.90 Å². The molecule has 2 saturated heterocycles. The number of aliphatic hydroxyl groups is 1. The minimum absolute atomic E-state index is 0.115. The molecule has 1 aromatic heterocycles. The SMILES string of the molecule is CC1(O)CN(Cc2ccc(C3(C(F)(F)F)CC3)cc2)CCC1c1ccc2ncc(N3CCC(=O)NC3=O)cc2c1F. The lowest BCUT2D eigenvalue weighted by molar-refractivity contribution is -0.160. The molecule has 216 valence electrons. The Morgan fingerprint density at radius 1 is 1.10 bits per heavy atom. The Morgan fingerprint density at radius 2 is 1.83 bits per heavy atom. The molecule has 3 fully saturated rings. The number of carbonyl (C=O) groups is 2. The number of fused-ring (bicyclic) bond motifs is 1. The third-order valence-corrected chi connectivity index (χ3v) is 8.79. The number of rotatable bonds is 5. The number of urea groups is 1. The van der Waals surface area contributed by atoms with Crippen molar-refractivity contribution in [3.63, 3.8) is 0 Å². The zero-order chi connectivity index (χ0) is 29.2. The average Bonchev–Trinajstić information content (AvgIpc) is 3.72. The van der Waals surface area contributed by atoms with Gasteiger partial charge in [0.25, 0.3) is 0 Å². The second-order valence-electron chi connectivity index (χ2n) is 11.7. The molecule has 3 heterocycles. The fraction of sp³-hybridized carbons (Fsp3) is 0.433. The van der Waals surface area contributed by atoms with E-state index in [9.17, 15) is 27.9 Å². The lowest BCUT2D eigenvalue weighted by Gasteiger charge is -2.43. The van der Waals surface area contributed by atoms with Crippen LogP contribution < -0.4 is 10.2 Å². The zero-order valence-electron chi connectivity index (χ0n) is 22.5. The van der Waals surface area contributed by atoms with Crippen LogP contribution in [0.2, 0.25) is 0 Å². The van der Waals surface area contributed by atoms with E-state index in [1.165, 1.54) is 17.2 Å². The van der Waals surface area contributed by atoms with Crippen LogP contribution in [-0.2, 0) is 16.8 Å². The van der Waals surface area contributed by atoms with Gasteiger partial charge in [0, 0.05) is 37.4 Å². The summed E-state index contributed by atoms with van der Waals surface area (Å²) in [6, 6.07) is 10.8. The average molecular weight is 571 g/mol. The van der Waals surface area contributed by atoms with Gasteiger partial charge in [-0.25, -0.2) is 9.18 Å². The summed E-state index contributed by atoms with van der Waals surface area (Å²) in [5, 5.41) is 13.9. The van der Waals surface area contributed by atoms with Gasteiger partial charge in [0.15, 0.2) is 0 Å². The number of carbonyl (C=O) groups excluding carboxylic acids is 2. The fourth-order valence-corrected chi connectivity index (χ4v) is 6.34. The van der Waals surface area contributed by atoms with Crippen LogP contribution in [0.3, 0.4) is 0 Å². The van der Waals surface area contributed by atoms with Gasteiger partial charge in [0.05, 0.1) is 28.4 Å². The second-order valence-corrected chi connectivity index (χ2v) is 11.7. The Morgan fingerprint density at radius 3 is 2.46 bits per heavy atom. The Balaban J connectivity index is 1.18. The van der Waals surface area contributed by atoms with Gasteiger partial charge in [0.2, 0.25) is 5.91 Å². The van der Waals surface area contributed by atoms with Crippen molar-refractivity contribution in [3.05, 3.63) is 71.2 Å². The molecule has 1 saturated carbocycles. The lowest BCUT2D eigenvalue weighted by atomic mass is 9.77. The second kappa shape index (κ2) is 9.77. The first kappa shape index (κ1) is 27.6. The molecule has 2 N–H and O–H groups in total. The first-order valence-corrected chi connectivity index (χ1v) is 13.7. The first-order chi connectivity index (χ1) is 19.4. The number of amides is 3. The van der Waals surface area contributed by atoms with E-state index in [2.05, 4.69) is 10.3 Å². The van der Waals surface area contributed by atoms with Gasteiger partial charge < -0.3 is 5.11 Å². The number of halogens is 4. The van der Waals surface area contributed by atoms with Crippen molar-refractivity contribution in [3.8, 4) is 0 Å². The van der Waals surface area contributed by atoms with Crippen molar-refractivity contribution in [2.75, 3.05) is 24.5 Å². The van der Waals surface area contributed by atoms with Crippen molar-refractivity contribution in [1.82, 2.24) is 15.2 Å². The van der Waals surface area contributed by atoms with Crippen LogP contribution >= 0.6 is 0 Å². The Bertz CT molecular complexity index is 1520. The van der Waals surface area contributed by atoms with Gasteiger partial charge in [0.1, 0.15) is 5.82 Å². The molecule has 3 aromatic rings. The summed E-state index contributed by atoms with van der Waals surface area (Å²) in [4.78, 5) is 31.5. The van der Waals surface area contributed by atoms with Crippen LogP contribution in [0.1, 0.15) is 55.2 Å². The summed E-state index contributed by atoms with van der Waals surface area (Å²) >= 11 is 0. The predicted molar refractivity (Wildman–Crippen MR) is 144 cm³/mol. The third-order valence-electron chi connectivity index (χ3n) is 8.79. The van der Waals surface area contributed by atoms with E-state index >= 15 is 4.39 Å². The smallest absolute Gasteiger partial charge is 0.388 e. The molecular weight excluding hydrogens is 540 g/mol. The van der Waals surface area contributed by atoms with Crippen molar-refractivity contribution < 1.29 is 32.3 Å². The molecule has 7 nitrogen and oxygen atoms in total. The number of hydrogen-bond donors (Lipinski definition) is 2. The monoisotopic (exact) mass is 570 g/mol. The zero-order valence-corrected chi connectivity index (χ0v) is 22.5. The summed E-state index contributed by atoms with van der Waals surface area (Å²) in [6.45, 7) is 3.10.